The molecule has 2 atom stereocenters. The Kier molecular flexibility index (Phi) is 5.53. The van der Waals surface area contributed by atoms with Gasteiger partial charge in [0.2, 0.25) is 6.10 Å². The lowest BCUT2D eigenvalue weighted by molar-refractivity contribution is -0.138. The van der Waals surface area contributed by atoms with Crippen LogP contribution in [-0.4, -0.2) is 30.4 Å². The molecule has 5 heteroatoms. The molecular weight excluding hydrogens is 368 g/mol. The standard InChI is InChI=1S/C19H21BrN2O2/c20-16-8-4-5-9-17(16)24-18(15-6-2-1-3-7-15)19(23)22-11-10-14(12-21)13-22/h1-9,14,18H,10-13,21H2/t14-,18+/m1/s1. The average molecular weight is 389 g/mol. The number of carbonyl (C=O) groups is 1. The van der Waals surface area contributed by atoms with Gasteiger partial charge < -0.3 is 15.4 Å². The summed E-state index contributed by atoms with van der Waals surface area (Å²) in [6.07, 6.45) is 0.306. The fourth-order valence-corrected chi connectivity index (χ4v) is 3.33. The molecule has 24 heavy (non-hydrogen) atoms. The molecule has 1 fully saturated rings. The molecule has 1 saturated heterocycles. The third kappa shape index (κ3) is 3.79. The van der Waals surface area contributed by atoms with Gasteiger partial charge in [-0.2, -0.15) is 0 Å². The lowest BCUT2D eigenvalue weighted by atomic mass is 10.1. The zero-order chi connectivity index (χ0) is 16.9. The highest BCUT2D eigenvalue weighted by molar-refractivity contribution is 9.10. The molecule has 4 nitrogen and oxygen atoms in total. The Hall–Kier alpha value is -1.85. The molecule has 1 amide bonds. The Labute approximate surface area is 150 Å². The molecule has 1 aliphatic rings. The van der Waals surface area contributed by atoms with Gasteiger partial charge in [0.1, 0.15) is 5.75 Å². The van der Waals surface area contributed by atoms with Crippen molar-refractivity contribution in [2.45, 2.75) is 12.5 Å². The number of hydrogen-bond acceptors (Lipinski definition) is 3. The zero-order valence-electron chi connectivity index (χ0n) is 13.4. The molecule has 2 N–H and O–H groups in total. The van der Waals surface area contributed by atoms with Gasteiger partial charge in [-0.1, -0.05) is 42.5 Å². The van der Waals surface area contributed by atoms with Gasteiger partial charge in [-0.15, -0.1) is 0 Å². The van der Waals surface area contributed by atoms with Crippen molar-refractivity contribution in [1.82, 2.24) is 4.90 Å². The van der Waals surface area contributed by atoms with E-state index in [4.69, 9.17) is 10.5 Å². The van der Waals surface area contributed by atoms with E-state index in [-0.39, 0.29) is 5.91 Å². The quantitative estimate of drug-likeness (QED) is 0.853. The van der Waals surface area contributed by atoms with Gasteiger partial charge in [0, 0.05) is 18.7 Å². The third-order valence-electron chi connectivity index (χ3n) is 4.34. The van der Waals surface area contributed by atoms with Crippen molar-refractivity contribution in [3.05, 3.63) is 64.6 Å². The lowest BCUT2D eigenvalue weighted by Gasteiger charge is -2.25. The van der Waals surface area contributed by atoms with Crippen LogP contribution in [0.3, 0.4) is 0 Å². The molecule has 0 saturated carbocycles. The number of amides is 1. The molecule has 0 bridgehead atoms. The van der Waals surface area contributed by atoms with Crippen molar-refractivity contribution >= 4 is 21.8 Å². The molecular formula is C19H21BrN2O2. The predicted molar refractivity (Wildman–Crippen MR) is 97.7 cm³/mol. The SMILES string of the molecule is NC[C@H]1CCN(C(=O)[C@@H](Oc2ccccc2Br)c2ccccc2)C1. The van der Waals surface area contributed by atoms with Crippen LogP contribution in [0.4, 0.5) is 0 Å². The van der Waals surface area contributed by atoms with Crippen molar-refractivity contribution in [3.63, 3.8) is 0 Å². The van der Waals surface area contributed by atoms with Crippen LogP contribution in [0.25, 0.3) is 0 Å². The Morgan fingerprint density at radius 1 is 1.21 bits per heavy atom. The van der Waals surface area contributed by atoms with Crippen molar-refractivity contribution in [2.75, 3.05) is 19.6 Å². The normalized spacial score (nSPS) is 18.4. The van der Waals surface area contributed by atoms with Crippen LogP contribution in [-0.2, 0) is 4.79 Å². The zero-order valence-corrected chi connectivity index (χ0v) is 15.0. The molecule has 0 aromatic heterocycles. The van der Waals surface area contributed by atoms with Crippen molar-refractivity contribution in [1.29, 1.82) is 0 Å². The van der Waals surface area contributed by atoms with E-state index in [1.54, 1.807) is 0 Å². The third-order valence-corrected chi connectivity index (χ3v) is 4.99. The average Bonchev–Trinajstić information content (AvgIpc) is 3.10. The van der Waals surface area contributed by atoms with Gasteiger partial charge in [-0.25, -0.2) is 0 Å². The van der Waals surface area contributed by atoms with Crippen LogP contribution < -0.4 is 10.5 Å². The van der Waals surface area contributed by atoms with Crippen molar-refractivity contribution in [2.24, 2.45) is 11.7 Å². The van der Waals surface area contributed by atoms with Gasteiger partial charge >= 0.3 is 0 Å². The number of para-hydroxylation sites is 1. The van der Waals surface area contributed by atoms with E-state index in [1.807, 2.05) is 59.5 Å². The van der Waals surface area contributed by atoms with Crippen LogP contribution in [0.5, 0.6) is 5.75 Å². The first kappa shape index (κ1) is 17.0. The number of likely N-dealkylation sites (tertiary alicyclic amines) is 1. The summed E-state index contributed by atoms with van der Waals surface area (Å²) >= 11 is 3.48. The molecule has 3 rings (SSSR count). The molecule has 2 aromatic carbocycles. The summed E-state index contributed by atoms with van der Waals surface area (Å²) < 4.78 is 6.94. The minimum absolute atomic E-state index is 0.00657. The van der Waals surface area contributed by atoms with E-state index < -0.39 is 6.10 Å². The molecule has 0 radical (unpaired) electrons. The van der Waals surface area contributed by atoms with E-state index in [0.717, 1.165) is 23.0 Å². The van der Waals surface area contributed by atoms with Crippen LogP contribution in [0.2, 0.25) is 0 Å². The summed E-state index contributed by atoms with van der Waals surface area (Å²) in [6.45, 7) is 2.06. The van der Waals surface area contributed by atoms with Crippen molar-refractivity contribution < 1.29 is 9.53 Å². The second-order valence-corrected chi connectivity index (χ2v) is 6.87. The highest BCUT2D eigenvalue weighted by Gasteiger charge is 2.32. The molecule has 0 unspecified atom stereocenters. The van der Waals surface area contributed by atoms with Gasteiger partial charge in [-0.3, -0.25) is 4.79 Å². The maximum absolute atomic E-state index is 13.1. The van der Waals surface area contributed by atoms with Gasteiger partial charge in [0.05, 0.1) is 4.47 Å². The molecule has 1 heterocycles. The monoisotopic (exact) mass is 388 g/mol. The Morgan fingerprint density at radius 2 is 1.92 bits per heavy atom. The smallest absolute Gasteiger partial charge is 0.268 e. The Morgan fingerprint density at radius 3 is 2.58 bits per heavy atom. The van der Waals surface area contributed by atoms with Gasteiger partial charge in [0.15, 0.2) is 0 Å². The molecule has 1 aliphatic heterocycles. The summed E-state index contributed by atoms with van der Waals surface area (Å²) in [7, 11) is 0. The number of benzene rings is 2. The number of ether oxygens (including phenoxy) is 1. The number of carbonyl (C=O) groups excluding carboxylic acids is 1. The molecule has 0 aliphatic carbocycles. The molecule has 2 aromatic rings. The minimum atomic E-state index is -0.651. The number of rotatable bonds is 5. The fraction of sp³-hybridized carbons (Fsp3) is 0.316. The molecule has 0 spiro atoms. The van der Waals surface area contributed by atoms with E-state index >= 15 is 0 Å². The highest BCUT2D eigenvalue weighted by Crippen LogP contribution is 2.31. The number of nitrogens with two attached hydrogens (primary N) is 1. The maximum atomic E-state index is 13.1. The summed E-state index contributed by atoms with van der Waals surface area (Å²) in [5.41, 5.74) is 6.61. The van der Waals surface area contributed by atoms with E-state index in [0.29, 0.717) is 24.8 Å². The Bertz CT molecular complexity index is 693. The van der Waals surface area contributed by atoms with Crippen LogP contribution in [0.1, 0.15) is 18.1 Å². The highest BCUT2D eigenvalue weighted by atomic mass is 79.9. The summed E-state index contributed by atoms with van der Waals surface area (Å²) in [5, 5.41) is 0. The molecule has 126 valence electrons. The first-order chi connectivity index (χ1) is 11.7. The van der Waals surface area contributed by atoms with E-state index in [2.05, 4.69) is 15.9 Å². The van der Waals surface area contributed by atoms with E-state index in [1.165, 1.54) is 0 Å². The second kappa shape index (κ2) is 7.81. The first-order valence-corrected chi connectivity index (χ1v) is 8.93. The van der Waals surface area contributed by atoms with Crippen molar-refractivity contribution in [3.8, 4) is 5.75 Å². The topological polar surface area (TPSA) is 55.6 Å². The summed E-state index contributed by atoms with van der Waals surface area (Å²) in [4.78, 5) is 14.9. The maximum Gasteiger partial charge on any atom is 0.268 e. The second-order valence-electron chi connectivity index (χ2n) is 6.01. The van der Waals surface area contributed by atoms with Gasteiger partial charge in [0.25, 0.3) is 5.91 Å². The predicted octanol–water partition coefficient (Wildman–Crippen LogP) is 3.38. The minimum Gasteiger partial charge on any atom is -0.475 e. The van der Waals surface area contributed by atoms with Gasteiger partial charge in [-0.05, 0) is 46.9 Å². The lowest BCUT2D eigenvalue weighted by Crippen LogP contribution is -2.36. The largest absolute Gasteiger partial charge is 0.475 e. The Balaban J connectivity index is 1.85. The summed E-state index contributed by atoms with van der Waals surface area (Å²) in [5.74, 6) is 1.04. The number of halogens is 1. The number of nitrogens with zero attached hydrogens (tertiary/aromatic N) is 1. The fourth-order valence-electron chi connectivity index (χ4n) is 2.95. The number of hydrogen-bond donors (Lipinski definition) is 1. The van der Waals surface area contributed by atoms with Crippen LogP contribution in [0.15, 0.2) is 59.1 Å². The summed E-state index contributed by atoms with van der Waals surface area (Å²) in [6, 6.07) is 17.2. The van der Waals surface area contributed by atoms with Crippen LogP contribution in [0, 0.1) is 5.92 Å². The van der Waals surface area contributed by atoms with Crippen LogP contribution >= 0.6 is 15.9 Å². The first-order valence-electron chi connectivity index (χ1n) is 8.14. The van der Waals surface area contributed by atoms with E-state index in [9.17, 15) is 4.79 Å².